The number of fused-ring (bicyclic) bond motifs is 1. The summed E-state index contributed by atoms with van der Waals surface area (Å²) >= 11 is 5.01. The Morgan fingerprint density at radius 2 is 2.24 bits per heavy atom. The third kappa shape index (κ3) is 2.01. The quantitative estimate of drug-likeness (QED) is 0.919. The van der Waals surface area contributed by atoms with Gasteiger partial charge in [0.2, 0.25) is 0 Å². The Bertz CT molecular complexity index is 550. The molecule has 2 nitrogen and oxygen atoms in total. The summed E-state index contributed by atoms with van der Waals surface area (Å²) in [4.78, 5) is 0.948. The zero-order valence-electron chi connectivity index (χ0n) is 9.02. The van der Waals surface area contributed by atoms with Gasteiger partial charge < -0.3 is 9.84 Å². The molecule has 88 valence electrons. The lowest BCUT2D eigenvalue weighted by Crippen LogP contribution is -1.98. The molecule has 1 aromatic heterocycles. The van der Waals surface area contributed by atoms with Gasteiger partial charge in [0.15, 0.2) is 0 Å². The van der Waals surface area contributed by atoms with Gasteiger partial charge in [0.1, 0.15) is 11.9 Å². The van der Waals surface area contributed by atoms with Crippen molar-refractivity contribution in [3.8, 4) is 5.75 Å². The fraction of sp³-hybridized carbons (Fsp3) is 0.231. The van der Waals surface area contributed by atoms with Crippen LogP contribution in [-0.4, -0.2) is 11.7 Å². The summed E-state index contributed by atoms with van der Waals surface area (Å²) in [5.41, 5.74) is 2.12. The van der Waals surface area contributed by atoms with Gasteiger partial charge in [-0.05, 0) is 50.6 Å². The molecule has 0 radical (unpaired) electrons. The SMILES string of the molecule is OC(c1ccc2c(c1)CCO2)c1sccc1Br. The maximum Gasteiger partial charge on any atom is 0.122 e. The number of halogens is 1. The van der Waals surface area contributed by atoms with Crippen molar-refractivity contribution < 1.29 is 9.84 Å². The van der Waals surface area contributed by atoms with Gasteiger partial charge in [-0.1, -0.05) is 6.07 Å². The van der Waals surface area contributed by atoms with Crippen molar-refractivity contribution in [2.24, 2.45) is 0 Å². The number of ether oxygens (including phenoxy) is 1. The minimum Gasteiger partial charge on any atom is -0.493 e. The van der Waals surface area contributed by atoms with Gasteiger partial charge in [-0.15, -0.1) is 11.3 Å². The van der Waals surface area contributed by atoms with E-state index in [0.717, 1.165) is 33.7 Å². The predicted octanol–water partition coefficient (Wildman–Crippen LogP) is 3.53. The first-order valence-corrected chi connectivity index (χ1v) is 7.09. The summed E-state index contributed by atoms with van der Waals surface area (Å²) in [6.07, 6.45) is 0.372. The average Bonchev–Trinajstić information content (AvgIpc) is 2.95. The third-order valence-corrected chi connectivity index (χ3v) is 4.85. The van der Waals surface area contributed by atoms with Crippen LogP contribution in [0, 0.1) is 0 Å². The van der Waals surface area contributed by atoms with E-state index < -0.39 is 6.10 Å². The monoisotopic (exact) mass is 310 g/mol. The van der Waals surface area contributed by atoms with Crippen LogP contribution in [0.2, 0.25) is 0 Å². The fourth-order valence-corrected chi connectivity index (χ4v) is 3.63. The van der Waals surface area contributed by atoms with Crippen LogP contribution in [0.4, 0.5) is 0 Å². The lowest BCUT2D eigenvalue weighted by atomic mass is 10.0. The Morgan fingerprint density at radius 3 is 3.00 bits per heavy atom. The van der Waals surface area contributed by atoms with Crippen LogP contribution in [0.15, 0.2) is 34.1 Å². The topological polar surface area (TPSA) is 29.5 Å². The van der Waals surface area contributed by atoms with Crippen molar-refractivity contribution in [2.75, 3.05) is 6.61 Å². The van der Waals surface area contributed by atoms with Crippen molar-refractivity contribution in [3.05, 3.63) is 50.1 Å². The molecule has 0 bridgehead atoms. The highest BCUT2D eigenvalue weighted by atomic mass is 79.9. The van der Waals surface area contributed by atoms with Gasteiger partial charge in [0.25, 0.3) is 0 Å². The minimum atomic E-state index is -0.560. The zero-order valence-corrected chi connectivity index (χ0v) is 11.4. The molecule has 0 saturated heterocycles. The Morgan fingerprint density at radius 1 is 1.35 bits per heavy atom. The van der Waals surface area contributed by atoms with Crippen LogP contribution in [0.3, 0.4) is 0 Å². The highest BCUT2D eigenvalue weighted by Crippen LogP contribution is 2.35. The molecule has 0 saturated carbocycles. The molecule has 0 amide bonds. The minimum absolute atomic E-state index is 0.560. The van der Waals surface area contributed by atoms with E-state index in [1.165, 1.54) is 5.56 Å². The predicted molar refractivity (Wildman–Crippen MR) is 71.7 cm³/mol. The Balaban J connectivity index is 1.97. The van der Waals surface area contributed by atoms with E-state index in [0.29, 0.717) is 0 Å². The van der Waals surface area contributed by atoms with Crippen LogP contribution in [-0.2, 0) is 6.42 Å². The second kappa shape index (κ2) is 4.44. The van der Waals surface area contributed by atoms with Crippen molar-refractivity contribution in [1.29, 1.82) is 0 Å². The second-order valence-electron chi connectivity index (χ2n) is 4.00. The molecular formula is C13H11BrO2S. The van der Waals surface area contributed by atoms with E-state index in [1.807, 2.05) is 29.6 Å². The summed E-state index contributed by atoms with van der Waals surface area (Å²) in [7, 11) is 0. The van der Waals surface area contributed by atoms with E-state index in [2.05, 4.69) is 15.9 Å². The largest absolute Gasteiger partial charge is 0.493 e. The van der Waals surface area contributed by atoms with Crippen molar-refractivity contribution in [1.82, 2.24) is 0 Å². The number of aliphatic hydroxyl groups excluding tert-OH is 1. The van der Waals surface area contributed by atoms with Crippen LogP contribution in [0.5, 0.6) is 5.75 Å². The van der Waals surface area contributed by atoms with Crippen molar-refractivity contribution in [3.63, 3.8) is 0 Å². The number of thiophene rings is 1. The molecule has 1 aliphatic rings. The molecule has 0 spiro atoms. The van der Waals surface area contributed by atoms with E-state index >= 15 is 0 Å². The van der Waals surface area contributed by atoms with Crippen LogP contribution >= 0.6 is 27.3 Å². The lowest BCUT2D eigenvalue weighted by Gasteiger charge is -2.11. The highest BCUT2D eigenvalue weighted by Gasteiger charge is 2.18. The zero-order chi connectivity index (χ0) is 11.8. The molecule has 0 aliphatic carbocycles. The number of hydrogen-bond acceptors (Lipinski definition) is 3. The molecule has 1 aromatic carbocycles. The Hall–Kier alpha value is -0.840. The summed E-state index contributed by atoms with van der Waals surface area (Å²) in [6.45, 7) is 0.748. The number of benzene rings is 1. The molecule has 1 atom stereocenters. The summed E-state index contributed by atoms with van der Waals surface area (Å²) in [6, 6.07) is 7.88. The molecule has 17 heavy (non-hydrogen) atoms. The molecule has 2 heterocycles. The number of hydrogen-bond donors (Lipinski definition) is 1. The third-order valence-electron chi connectivity index (χ3n) is 2.92. The van der Waals surface area contributed by atoms with E-state index in [9.17, 15) is 5.11 Å². The maximum absolute atomic E-state index is 10.3. The molecule has 1 unspecified atom stereocenters. The van der Waals surface area contributed by atoms with Gasteiger partial charge in [-0.2, -0.15) is 0 Å². The standard InChI is InChI=1S/C13H11BrO2S/c14-10-4-6-17-13(10)12(15)9-1-2-11-8(7-9)3-5-16-11/h1-2,4,6-7,12,15H,3,5H2. The van der Waals surface area contributed by atoms with Gasteiger partial charge in [0.05, 0.1) is 11.5 Å². The summed E-state index contributed by atoms with van der Waals surface area (Å²) in [5, 5.41) is 12.3. The lowest BCUT2D eigenvalue weighted by molar-refractivity contribution is 0.223. The van der Waals surface area contributed by atoms with Crippen molar-refractivity contribution in [2.45, 2.75) is 12.5 Å². The van der Waals surface area contributed by atoms with Crippen molar-refractivity contribution >= 4 is 27.3 Å². The normalized spacial score (nSPS) is 15.4. The van der Waals surface area contributed by atoms with E-state index in [1.54, 1.807) is 11.3 Å². The highest BCUT2D eigenvalue weighted by molar-refractivity contribution is 9.10. The van der Waals surface area contributed by atoms with Crippen LogP contribution in [0.25, 0.3) is 0 Å². The second-order valence-corrected chi connectivity index (χ2v) is 5.80. The molecule has 4 heteroatoms. The molecule has 1 aliphatic heterocycles. The van der Waals surface area contributed by atoms with Crippen LogP contribution in [0.1, 0.15) is 22.1 Å². The molecule has 3 rings (SSSR count). The smallest absolute Gasteiger partial charge is 0.122 e. The Kier molecular flexibility index (Phi) is 2.94. The van der Waals surface area contributed by atoms with Gasteiger partial charge in [0, 0.05) is 10.9 Å². The number of aliphatic hydroxyl groups is 1. The van der Waals surface area contributed by atoms with Gasteiger partial charge >= 0.3 is 0 Å². The van der Waals surface area contributed by atoms with E-state index in [-0.39, 0.29) is 0 Å². The first-order valence-electron chi connectivity index (χ1n) is 5.42. The van der Waals surface area contributed by atoms with Gasteiger partial charge in [-0.3, -0.25) is 0 Å². The summed E-state index contributed by atoms with van der Waals surface area (Å²) < 4.78 is 6.42. The maximum atomic E-state index is 10.3. The van der Waals surface area contributed by atoms with E-state index in [4.69, 9.17) is 4.74 Å². The van der Waals surface area contributed by atoms with Gasteiger partial charge in [-0.25, -0.2) is 0 Å². The molecule has 2 aromatic rings. The first kappa shape index (κ1) is 11.3. The molecule has 0 fully saturated rings. The molecule has 1 N–H and O–H groups in total. The Labute approximate surface area is 112 Å². The first-order chi connectivity index (χ1) is 8.25. The summed E-state index contributed by atoms with van der Waals surface area (Å²) in [5.74, 6) is 0.950. The number of rotatable bonds is 2. The fourth-order valence-electron chi connectivity index (χ4n) is 2.03. The average molecular weight is 311 g/mol. The van der Waals surface area contributed by atoms with Crippen LogP contribution < -0.4 is 4.74 Å². The molecular weight excluding hydrogens is 300 g/mol.